The van der Waals surface area contributed by atoms with Crippen molar-refractivity contribution in [2.24, 2.45) is 0 Å². The summed E-state index contributed by atoms with van der Waals surface area (Å²) in [4.78, 5) is 31.9. The van der Waals surface area contributed by atoms with Gasteiger partial charge in [0.1, 0.15) is 0 Å². The van der Waals surface area contributed by atoms with Crippen molar-refractivity contribution in [3.8, 4) is 0 Å². The Balaban J connectivity index is 3.35. The molecule has 6 nitrogen and oxygen atoms in total. The molecule has 1 N–H and O–H groups in total. The fourth-order valence-corrected chi connectivity index (χ4v) is 1.21. The SMILES string of the molecule is CCC(=O)c1cc(C(=O)O)cc([N+](=O)[O-])c1. The first-order valence-corrected chi connectivity index (χ1v) is 4.51. The van der Waals surface area contributed by atoms with E-state index >= 15 is 0 Å². The topological polar surface area (TPSA) is 97.5 Å². The second-order valence-electron chi connectivity index (χ2n) is 3.11. The van der Waals surface area contributed by atoms with Crippen LogP contribution in [0.1, 0.15) is 34.1 Å². The maximum absolute atomic E-state index is 11.3. The Labute approximate surface area is 90.7 Å². The number of benzene rings is 1. The molecular formula is C10H9NO5. The van der Waals surface area contributed by atoms with Gasteiger partial charge in [-0.05, 0) is 6.07 Å². The highest BCUT2D eigenvalue weighted by atomic mass is 16.6. The minimum atomic E-state index is -1.30. The summed E-state index contributed by atoms with van der Waals surface area (Å²) in [5, 5.41) is 19.3. The van der Waals surface area contributed by atoms with Crippen LogP contribution < -0.4 is 0 Å². The van der Waals surface area contributed by atoms with Gasteiger partial charge >= 0.3 is 5.97 Å². The van der Waals surface area contributed by atoms with Gasteiger partial charge in [-0.3, -0.25) is 14.9 Å². The van der Waals surface area contributed by atoms with E-state index in [0.717, 1.165) is 18.2 Å². The van der Waals surface area contributed by atoms with Crippen molar-refractivity contribution >= 4 is 17.4 Å². The van der Waals surface area contributed by atoms with E-state index in [2.05, 4.69) is 0 Å². The zero-order valence-corrected chi connectivity index (χ0v) is 8.47. The summed E-state index contributed by atoms with van der Waals surface area (Å²) in [6.07, 6.45) is 0.167. The molecule has 0 radical (unpaired) electrons. The Morgan fingerprint density at radius 2 is 1.88 bits per heavy atom. The maximum Gasteiger partial charge on any atom is 0.335 e. The number of hydrogen-bond donors (Lipinski definition) is 1. The smallest absolute Gasteiger partial charge is 0.335 e. The summed E-state index contributed by atoms with van der Waals surface area (Å²) in [5.41, 5.74) is -0.600. The van der Waals surface area contributed by atoms with Crippen LogP contribution in [0, 0.1) is 10.1 Å². The van der Waals surface area contributed by atoms with Gasteiger partial charge in [-0.15, -0.1) is 0 Å². The van der Waals surface area contributed by atoms with Crippen molar-refractivity contribution < 1.29 is 19.6 Å². The average Bonchev–Trinajstić information content (AvgIpc) is 2.27. The first-order chi connectivity index (χ1) is 7.45. The highest BCUT2D eigenvalue weighted by molar-refractivity contribution is 5.99. The molecule has 84 valence electrons. The third-order valence-corrected chi connectivity index (χ3v) is 2.02. The van der Waals surface area contributed by atoms with Crippen LogP contribution in [0.2, 0.25) is 0 Å². The zero-order chi connectivity index (χ0) is 12.3. The van der Waals surface area contributed by atoms with Gasteiger partial charge in [-0.1, -0.05) is 6.92 Å². The number of hydrogen-bond acceptors (Lipinski definition) is 4. The minimum absolute atomic E-state index is 0.0501. The van der Waals surface area contributed by atoms with E-state index in [4.69, 9.17) is 5.11 Å². The lowest BCUT2D eigenvalue weighted by atomic mass is 10.0. The summed E-state index contributed by atoms with van der Waals surface area (Å²) in [6, 6.07) is 3.15. The molecule has 1 rings (SSSR count). The van der Waals surface area contributed by atoms with Crippen molar-refractivity contribution in [2.45, 2.75) is 13.3 Å². The number of aromatic carboxylic acids is 1. The van der Waals surface area contributed by atoms with E-state index in [0.29, 0.717) is 0 Å². The lowest BCUT2D eigenvalue weighted by Crippen LogP contribution is -2.04. The monoisotopic (exact) mass is 223 g/mol. The number of ketones is 1. The van der Waals surface area contributed by atoms with Crippen LogP contribution in [0.5, 0.6) is 0 Å². The molecule has 0 saturated carbocycles. The fraction of sp³-hybridized carbons (Fsp3) is 0.200. The number of carbonyl (C=O) groups is 2. The highest BCUT2D eigenvalue weighted by Gasteiger charge is 2.16. The molecule has 16 heavy (non-hydrogen) atoms. The van der Waals surface area contributed by atoms with Crippen molar-refractivity contribution in [1.29, 1.82) is 0 Å². The van der Waals surface area contributed by atoms with Gasteiger partial charge < -0.3 is 5.11 Å². The molecule has 0 unspecified atom stereocenters. The Bertz CT molecular complexity index is 434. The fourth-order valence-electron chi connectivity index (χ4n) is 1.21. The lowest BCUT2D eigenvalue weighted by Gasteiger charge is -2.00. The average molecular weight is 223 g/mol. The second-order valence-corrected chi connectivity index (χ2v) is 3.11. The molecule has 0 amide bonds. The number of carboxylic acids is 1. The van der Waals surface area contributed by atoms with Crippen molar-refractivity contribution in [1.82, 2.24) is 0 Å². The maximum atomic E-state index is 11.3. The third-order valence-electron chi connectivity index (χ3n) is 2.02. The lowest BCUT2D eigenvalue weighted by molar-refractivity contribution is -0.384. The van der Waals surface area contributed by atoms with E-state index in [1.54, 1.807) is 6.92 Å². The number of nitrogens with zero attached hydrogens (tertiary/aromatic N) is 1. The molecular weight excluding hydrogens is 214 g/mol. The predicted molar refractivity (Wildman–Crippen MR) is 54.7 cm³/mol. The van der Waals surface area contributed by atoms with Crippen LogP contribution in [-0.2, 0) is 0 Å². The summed E-state index contributed by atoms with van der Waals surface area (Å²) in [7, 11) is 0. The van der Waals surface area contributed by atoms with E-state index in [-0.39, 0.29) is 23.3 Å². The van der Waals surface area contributed by atoms with E-state index in [9.17, 15) is 19.7 Å². The Hall–Kier alpha value is -2.24. The molecule has 0 aliphatic heterocycles. The van der Waals surface area contributed by atoms with Gasteiger partial charge in [-0.25, -0.2) is 4.79 Å². The largest absolute Gasteiger partial charge is 0.478 e. The van der Waals surface area contributed by atoms with Crippen LogP contribution in [0.25, 0.3) is 0 Å². The van der Waals surface area contributed by atoms with Crippen LogP contribution in [0.3, 0.4) is 0 Å². The van der Waals surface area contributed by atoms with Gasteiger partial charge in [0.2, 0.25) is 0 Å². The number of non-ortho nitro benzene ring substituents is 1. The second kappa shape index (κ2) is 4.52. The molecule has 6 heteroatoms. The van der Waals surface area contributed by atoms with Crippen molar-refractivity contribution in [2.75, 3.05) is 0 Å². The number of Topliss-reactive ketones (excluding diaryl/α,β-unsaturated/α-hetero) is 1. The standard InChI is InChI=1S/C10H9NO5/c1-2-9(12)6-3-7(10(13)14)5-8(4-6)11(15)16/h3-5H,2H2,1H3,(H,13,14). The van der Waals surface area contributed by atoms with Crippen LogP contribution in [0.15, 0.2) is 18.2 Å². The molecule has 0 aromatic heterocycles. The number of carboxylic acid groups (broad SMARTS) is 1. The van der Waals surface area contributed by atoms with E-state index in [1.165, 1.54) is 0 Å². The number of carbonyl (C=O) groups excluding carboxylic acids is 1. The van der Waals surface area contributed by atoms with E-state index < -0.39 is 16.6 Å². The van der Waals surface area contributed by atoms with E-state index in [1.807, 2.05) is 0 Å². The molecule has 0 saturated heterocycles. The van der Waals surface area contributed by atoms with Crippen molar-refractivity contribution in [3.63, 3.8) is 0 Å². The van der Waals surface area contributed by atoms with Gasteiger partial charge in [0.05, 0.1) is 10.5 Å². The van der Waals surface area contributed by atoms with Gasteiger partial charge in [-0.2, -0.15) is 0 Å². The van der Waals surface area contributed by atoms with Gasteiger partial charge in [0.15, 0.2) is 5.78 Å². The number of nitro benzene ring substituents is 1. The number of nitro groups is 1. The Morgan fingerprint density at radius 3 is 2.31 bits per heavy atom. The quantitative estimate of drug-likeness (QED) is 0.477. The highest BCUT2D eigenvalue weighted by Crippen LogP contribution is 2.18. The summed E-state index contributed by atoms with van der Waals surface area (Å²) in [5.74, 6) is -1.62. The molecule has 0 aliphatic rings. The summed E-state index contributed by atoms with van der Waals surface area (Å²) in [6.45, 7) is 1.60. The predicted octanol–water partition coefficient (Wildman–Crippen LogP) is 1.89. The van der Waals surface area contributed by atoms with Crippen LogP contribution in [0.4, 0.5) is 5.69 Å². The normalized spacial score (nSPS) is 9.81. The molecule has 0 aliphatic carbocycles. The van der Waals surface area contributed by atoms with Crippen LogP contribution in [-0.4, -0.2) is 21.8 Å². The minimum Gasteiger partial charge on any atom is -0.478 e. The first-order valence-electron chi connectivity index (χ1n) is 4.51. The molecule has 0 heterocycles. The molecule has 1 aromatic carbocycles. The van der Waals surface area contributed by atoms with Crippen molar-refractivity contribution in [3.05, 3.63) is 39.4 Å². The summed E-state index contributed by atoms with van der Waals surface area (Å²) < 4.78 is 0. The summed E-state index contributed by atoms with van der Waals surface area (Å²) >= 11 is 0. The number of rotatable bonds is 4. The zero-order valence-electron chi connectivity index (χ0n) is 8.47. The molecule has 0 bridgehead atoms. The Morgan fingerprint density at radius 1 is 1.31 bits per heavy atom. The Kier molecular flexibility index (Phi) is 3.34. The van der Waals surface area contributed by atoms with Crippen LogP contribution >= 0.6 is 0 Å². The molecule has 0 spiro atoms. The van der Waals surface area contributed by atoms with Gasteiger partial charge in [0, 0.05) is 24.1 Å². The molecule has 1 aromatic rings. The molecule has 0 fully saturated rings. The van der Waals surface area contributed by atoms with Gasteiger partial charge in [0.25, 0.3) is 5.69 Å². The first kappa shape index (κ1) is 11.8. The third kappa shape index (κ3) is 2.41. The molecule has 0 atom stereocenters.